The van der Waals surface area contributed by atoms with Crippen molar-refractivity contribution in [2.24, 2.45) is 0 Å². The van der Waals surface area contributed by atoms with Crippen LogP contribution >= 0.6 is 11.6 Å². The van der Waals surface area contributed by atoms with Crippen LogP contribution in [-0.4, -0.2) is 41.5 Å². The Morgan fingerprint density at radius 1 is 1.17 bits per heavy atom. The van der Waals surface area contributed by atoms with Gasteiger partial charge in [-0.25, -0.2) is 4.79 Å². The number of amides is 3. The minimum atomic E-state index is -0.151. The summed E-state index contributed by atoms with van der Waals surface area (Å²) in [6.45, 7) is 4.69. The number of anilines is 1. The number of urea groups is 1. The zero-order valence-electron chi connectivity index (χ0n) is 14.2. The SMILES string of the molecule is C[C@H]1CCC[C@H](C)N1C(=O)N[C@@H]1CC(=O)N(c2ccc(Cl)cc2)C1. The largest absolute Gasteiger partial charge is 0.333 e. The predicted octanol–water partition coefficient (Wildman–Crippen LogP) is 3.42. The number of hydrogen-bond acceptors (Lipinski definition) is 2. The normalized spacial score (nSPS) is 27.5. The second-order valence-electron chi connectivity index (χ2n) is 6.87. The number of likely N-dealkylation sites (tertiary alicyclic amines) is 1. The van der Waals surface area contributed by atoms with Crippen molar-refractivity contribution in [3.05, 3.63) is 29.3 Å². The van der Waals surface area contributed by atoms with E-state index < -0.39 is 0 Å². The van der Waals surface area contributed by atoms with Crippen LogP contribution in [0, 0.1) is 0 Å². The van der Waals surface area contributed by atoms with Gasteiger partial charge in [-0.2, -0.15) is 0 Å². The first-order valence-corrected chi connectivity index (χ1v) is 8.98. The van der Waals surface area contributed by atoms with E-state index in [2.05, 4.69) is 19.2 Å². The first kappa shape index (κ1) is 17.1. The fourth-order valence-electron chi connectivity index (χ4n) is 3.75. The Labute approximate surface area is 147 Å². The highest BCUT2D eigenvalue weighted by molar-refractivity contribution is 6.30. The molecule has 5 nitrogen and oxygen atoms in total. The van der Waals surface area contributed by atoms with Gasteiger partial charge in [-0.3, -0.25) is 4.79 Å². The van der Waals surface area contributed by atoms with Gasteiger partial charge in [0.25, 0.3) is 0 Å². The number of carbonyl (C=O) groups is 2. The Morgan fingerprint density at radius 3 is 2.42 bits per heavy atom. The molecule has 0 radical (unpaired) electrons. The summed E-state index contributed by atoms with van der Waals surface area (Å²) in [6, 6.07) is 7.50. The third-order valence-corrected chi connectivity index (χ3v) is 5.27. The summed E-state index contributed by atoms with van der Waals surface area (Å²) in [4.78, 5) is 28.6. The summed E-state index contributed by atoms with van der Waals surface area (Å²) in [6.07, 6.45) is 3.58. The summed E-state index contributed by atoms with van der Waals surface area (Å²) in [7, 11) is 0. The topological polar surface area (TPSA) is 52.7 Å². The maximum atomic E-state index is 12.6. The van der Waals surface area contributed by atoms with E-state index in [1.807, 2.05) is 17.0 Å². The molecule has 2 aliphatic heterocycles. The number of halogens is 1. The third-order valence-electron chi connectivity index (χ3n) is 5.02. The Morgan fingerprint density at radius 2 is 1.79 bits per heavy atom. The van der Waals surface area contributed by atoms with Crippen LogP contribution in [0.4, 0.5) is 10.5 Å². The number of carbonyl (C=O) groups excluding carboxylic acids is 2. The van der Waals surface area contributed by atoms with Crippen LogP contribution in [0.25, 0.3) is 0 Å². The summed E-state index contributed by atoms with van der Waals surface area (Å²) >= 11 is 5.90. The lowest BCUT2D eigenvalue weighted by Gasteiger charge is -2.39. The molecule has 2 saturated heterocycles. The molecule has 0 saturated carbocycles. The van der Waals surface area contributed by atoms with Gasteiger partial charge in [0.05, 0.1) is 6.04 Å². The molecule has 3 amide bonds. The van der Waals surface area contributed by atoms with E-state index in [0.29, 0.717) is 18.0 Å². The van der Waals surface area contributed by atoms with Gasteiger partial charge < -0.3 is 15.1 Å². The number of nitrogens with zero attached hydrogens (tertiary/aromatic N) is 2. The van der Waals surface area contributed by atoms with E-state index in [0.717, 1.165) is 18.5 Å². The number of benzene rings is 1. The first-order valence-electron chi connectivity index (χ1n) is 8.60. The lowest BCUT2D eigenvalue weighted by atomic mass is 9.98. The number of hydrogen-bond donors (Lipinski definition) is 1. The van der Waals surface area contributed by atoms with Crippen molar-refractivity contribution in [1.82, 2.24) is 10.2 Å². The molecule has 3 rings (SSSR count). The third kappa shape index (κ3) is 3.51. The van der Waals surface area contributed by atoms with Gasteiger partial charge >= 0.3 is 6.03 Å². The minimum absolute atomic E-state index is 0.0300. The molecule has 1 aromatic carbocycles. The lowest BCUT2D eigenvalue weighted by Crippen LogP contribution is -2.54. The second kappa shape index (κ2) is 7.01. The molecule has 2 fully saturated rings. The molecule has 1 N–H and O–H groups in total. The fourth-order valence-corrected chi connectivity index (χ4v) is 3.87. The maximum absolute atomic E-state index is 12.6. The Hall–Kier alpha value is -1.75. The predicted molar refractivity (Wildman–Crippen MR) is 95.4 cm³/mol. The molecule has 1 aromatic rings. The molecule has 0 aliphatic carbocycles. The Balaban J connectivity index is 1.63. The molecule has 0 unspecified atom stereocenters. The number of piperidine rings is 1. The van der Waals surface area contributed by atoms with Crippen LogP contribution in [-0.2, 0) is 4.79 Å². The van der Waals surface area contributed by atoms with Crippen LogP contribution < -0.4 is 10.2 Å². The molecular weight excluding hydrogens is 326 g/mol. The zero-order valence-corrected chi connectivity index (χ0v) is 14.9. The number of nitrogens with one attached hydrogen (secondary N) is 1. The highest BCUT2D eigenvalue weighted by Gasteiger charge is 2.35. The Bertz CT molecular complexity index is 609. The molecule has 2 aliphatic rings. The van der Waals surface area contributed by atoms with E-state index in [-0.39, 0.29) is 30.1 Å². The molecule has 24 heavy (non-hydrogen) atoms. The van der Waals surface area contributed by atoms with Crippen molar-refractivity contribution in [3.63, 3.8) is 0 Å². The second-order valence-corrected chi connectivity index (χ2v) is 7.30. The lowest BCUT2D eigenvalue weighted by molar-refractivity contribution is -0.117. The van der Waals surface area contributed by atoms with E-state index in [9.17, 15) is 9.59 Å². The molecule has 0 bridgehead atoms. The van der Waals surface area contributed by atoms with Crippen LogP contribution in [0.2, 0.25) is 5.02 Å². The van der Waals surface area contributed by atoms with E-state index in [4.69, 9.17) is 11.6 Å². The summed E-state index contributed by atoms with van der Waals surface area (Å²) in [5.74, 6) is 0.0300. The standard InChI is InChI=1S/C18H24ClN3O2/c1-12-4-3-5-13(2)22(12)18(24)20-15-10-17(23)21(11-15)16-8-6-14(19)7-9-16/h6-9,12-13,15H,3-5,10-11H2,1-2H3,(H,20,24)/t12-,13-,15+/m0/s1. The van der Waals surface area contributed by atoms with Crippen molar-refractivity contribution < 1.29 is 9.59 Å². The number of rotatable bonds is 2. The smallest absolute Gasteiger partial charge is 0.318 e. The average Bonchev–Trinajstić information content (AvgIpc) is 2.88. The summed E-state index contributed by atoms with van der Waals surface area (Å²) < 4.78 is 0. The first-order chi connectivity index (χ1) is 11.5. The molecule has 0 aromatic heterocycles. The highest BCUT2D eigenvalue weighted by Crippen LogP contribution is 2.25. The fraction of sp³-hybridized carbons (Fsp3) is 0.556. The van der Waals surface area contributed by atoms with Gasteiger partial charge in [-0.1, -0.05) is 11.6 Å². The van der Waals surface area contributed by atoms with E-state index >= 15 is 0 Å². The van der Waals surface area contributed by atoms with Gasteiger partial charge in [0.1, 0.15) is 0 Å². The van der Waals surface area contributed by atoms with Gasteiger partial charge in [0.2, 0.25) is 5.91 Å². The van der Waals surface area contributed by atoms with Crippen molar-refractivity contribution >= 4 is 29.2 Å². The van der Waals surface area contributed by atoms with Gasteiger partial charge in [-0.05, 0) is 57.4 Å². The maximum Gasteiger partial charge on any atom is 0.318 e. The Kier molecular flexibility index (Phi) is 4.99. The van der Waals surface area contributed by atoms with Crippen LogP contribution in [0.5, 0.6) is 0 Å². The summed E-state index contributed by atoms with van der Waals surface area (Å²) in [5.41, 5.74) is 0.820. The zero-order chi connectivity index (χ0) is 17.3. The van der Waals surface area contributed by atoms with Crippen molar-refractivity contribution in [1.29, 1.82) is 0 Å². The van der Waals surface area contributed by atoms with Crippen molar-refractivity contribution in [2.75, 3.05) is 11.4 Å². The monoisotopic (exact) mass is 349 g/mol. The molecule has 0 spiro atoms. The van der Waals surface area contributed by atoms with Crippen molar-refractivity contribution in [2.45, 2.75) is 57.7 Å². The van der Waals surface area contributed by atoms with Crippen LogP contribution in [0.3, 0.4) is 0 Å². The van der Waals surface area contributed by atoms with E-state index in [1.165, 1.54) is 6.42 Å². The molecular formula is C18H24ClN3O2. The van der Waals surface area contributed by atoms with E-state index in [1.54, 1.807) is 17.0 Å². The van der Waals surface area contributed by atoms with Crippen molar-refractivity contribution in [3.8, 4) is 0 Å². The van der Waals surface area contributed by atoms with Crippen LogP contribution in [0.1, 0.15) is 39.5 Å². The van der Waals surface area contributed by atoms with Crippen LogP contribution in [0.15, 0.2) is 24.3 Å². The molecule has 2 heterocycles. The van der Waals surface area contributed by atoms with Gasteiger partial charge in [-0.15, -0.1) is 0 Å². The quantitative estimate of drug-likeness (QED) is 0.889. The van der Waals surface area contributed by atoms with Gasteiger partial charge in [0.15, 0.2) is 0 Å². The molecule has 6 heteroatoms. The van der Waals surface area contributed by atoms with Gasteiger partial charge in [0, 0.05) is 35.8 Å². The molecule has 130 valence electrons. The molecule has 3 atom stereocenters. The summed E-state index contributed by atoms with van der Waals surface area (Å²) in [5, 5.41) is 3.69. The average molecular weight is 350 g/mol. The minimum Gasteiger partial charge on any atom is -0.333 e. The highest BCUT2D eigenvalue weighted by atomic mass is 35.5.